The molecule has 6 aromatic carbocycles. The first-order chi connectivity index (χ1) is 29.1. The van der Waals surface area contributed by atoms with Crippen LogP contribution in [0, 0.1) is 0 Å². The molecule has 0 amide bonds. The summed E-state index contributed by atoms with van der Waals surface area (Å²) in [4.78, 5) is 1.26. The van der Waals surface area contributed by atoms with Crippen LogP contribution in [0.2, 0.25) is 0 Å². The molecular formula is C51H50O6S2. The molecule has 0 unspecified atom stereocenters. The van der Waals surface area contributed by atoms with Gasteiger partial charge in [0.15, 0.2) is 0 Å². The van der Waals surface area contributed by atoms with Crippen LogP contribution in [0.25, 0.3) is 10.1 Å². The Labute approximate surface area is 356 Å². The third kappa shape index (κ3) is 10.5. The molecule has 7 aromatic rings. The fourth-order valence-electron chi connectivity index (χ4n) is 7.70. The largest absolute Gasteiger partial charge is 0.496 e. The van der Waals surface area contributed by atoms with Gasteiger partial charge in [-0.3, -0.25) is 0 Å². The summed E-state index contributed by atoms with van der Waals surface area (Å²) in [7, 11) is 3.46. The Morgan fingerprint density at radius 2 is 1.00 bits per heavy atom. The summed E-state index contributed by atoms with van der Waals surface area (Å²) in [5.41, 5.74) is 6.48. The molecule has 302 valence electrons. The zero-order chi connectivity index (χ0) is 40.2. The molecule has 8 rings (SSSR count). The van der Waals surface area contributed by atoms with Crippen molar-refractivity contribution in [2.45, 2.75) is 61.7 Å². The van der Waals surface area contributed by atoms with Crippen LogP contribution < -0.4 is 9.47 Å². The smallest absolute Gasteiger partial charge is 0.126 e. The van der Waals surface area contributed by atoms with E-state index in [1.54, 1.807) is 14.2 Å². The van der Waals surface area contributed by atoms with Gasteiger partial charge in [0.05, 0.1) is 57.8 Å². The number of thiophene rings is 1. The summed E-state index contributed by atoms with van der Waals surface area (Å²) < 4.78 is 41.4. The van der Waals surface area contributed by atoms with Gasteiger partial charge in [0.25, 0.3) is 0 Å². The van der Waals surface area contributed by atoms with Crippen LogP contribution in [0.5, 0.6) is 11.5 Å². The van der Waals surface area contributed by atoms with Crippen LogP contribution in [0.4, 0.5) is 0 Å². The van der Waals surface area contributed by atoms with Gasteiger partial charge in [-0.2, -0.15) is 0 Å². The van der Waals surface area contributed by atoms with Crippen LogP contribution in [0.3, 0.4) is 0 Å². The van der Waals surface area contributed by atoms with Crippen LogP contribution in [0.1, 0.15) is 43.5 Å². The highest BCUT2D eigenvalue weighted by atomic mass is 32.2. The minimum absolute atomic E-state index is 0.123. The molecule has 1 fully saturated rings. The van der Waals surface area contributed by atoms with Crippen molar-refractivity contribution in [2.24, 2.45) is 0 Å². The van der Waals surface area contributed by atoms with Crippen molar-refractivity contribution in [3.8, 4) is 11.5 Å². The van der Waals surface area contributed by atoms with Gasteiger partial charge in [-0.05, 0) is 51.4 Å². The lowest BCUT2D eigenvalue weighted by Gasteiger charge is -2.46. The van der Waals surface area contributed by atoms with E-state index in [2.05, 4.69) is 84.9 Å². The van der Waals surface area contributed by atoms with Gasteiger partial charge < -0.3 is 28.4 Å². The fourth-order valence-corrected chi connectivity index (χ4v) is 10.5. The molecule has 6 nitrogen and oxygen atoms in total. The summed E-state index contributed by atoms with van der Waals surface area (Å²) in [6.07, 6.45) is -0.571. The van der Waals surface area contributed by atoms with E-state index in [0.717, 1.165) is 44.9 Å². The number of benzene rings is 6. The van der Waals surface area contributed by atoms with Gasteiger partial charge in [0, 0.05) is 27.6 Å². The zero-order valence-corrected chi connectivity index (χ0v) is 35.1. The third-order valence-corrected chi connectivity index (χ3v) is 13.3. The number of thioether (sulfide) groups is 1. The lowest BCUT2D eigenvalue weighted by atomic mass is 9.93. The Morgan fingerprint density at radius 1 is 0.492 bits per heavy atom. The first-order valence-corrected chi connectivity index (χ1v) is 21.9. The lowest BCUT2D eigenvalue weighted by Crippen LogP contribution is -2.54. The van der Waals surface area contributed by atoms with Crippen molar-refractivity contribution < 1.29 is 28.4 Å². The van der Waals surface area contributed by atoms with Crippen molar-refractivity contribution in [1.29, 1.82) is 0 Å². The molecule has 5 atom stereocenters. The standard InChI is InChI=1S/C51H50O6S2/c1-52-44-30-45(53-2)43(29-41(44)28-42-27-40-25-15-16-26-46(40)58-42)51-50(57-34-39-23-13-6-14-24-39)49(56-33-38-21-11-5-12-22-38)48(55-32-37-19-9-4-10-20-37)47(59-51)35-54-31-36-17-7-3-8-18-36/h3-27,29-30,47-51H,28,31-35H2,1-2H3/t47-,48-,49+,50-,51+/m1/s1. The monoisotopic (exact) mass is 822 g/mol. The second-order valence-corrected chi connectivity index (χ2v) is 17.3. The molecular weight excluding hydrogens is 773 g/mol. The molecule has 1 aliphatic rings. The Hall–Kier alpha value is -4.93. The first-order valence-electron chi connectivity index (χ1n) is 20.1. The van der Waals surface area contributed by atoms with Crippen LogP contribution in [-0.4, -0.2) is 44.4 Å². The van der Waals surface area contributed by atoms with E-state index in [4.69, 9.17) is 28.4 Å². The molecule has 0 saturated carbocycles. The predicted octanol–water partition coefficient (Wildman–Crippen LogP) is 11.6. The maximum absolute atomic E-state index is 7.14. The van der Waals surface area contributed by atoms with Gasteiger partial charge in [-0.1, -0.05) is 140 Å². The molecule has 59 heavy (non-hydrogen) atoms. The molecule has 8 heteroatoms. The molecule has 1 aromatic heterocycles. The molecule has 1 aliphatic heterocycles. The first kappa shape index (κ1) is 40.8. The highest BCUT2D eigenvalue weighted by Gasteiger charge is 2.49. The number of fused-ring (bicyclic) bond motifs is 1. The van der Waals surface area contributed by atoms with Gasteiger partial charge in [0.2, 0.25) is 0 Å². The van der Waals surface area contributed by atoms with Crippen LogP contribution in [0.15, 0.2) is 164 Å². The van der Waals surface area contributed by atoms with E-state index in [1.807, 2.05) is 102 Å². The van der Waals surface area contributed by atoms with E-state index in [0.29, 0.717) is 39.5 Å². The highest BCUT2D eigenvalue weighted by molar-refractivity contribution is 8.00. The number of ether oxygens (including phenoxy) is 6. The van der Waals surface area contributed by atoms with Gasteiger partial charge >= 0.3 is 0 Å². The van der Waals surface area contributed by atoms with E-state index >= 15 is 0 Å². The normalized spacial score (nSPS) is 19.1. The maximum Gasteiger partial charge on any atom is 0.126 e. The summed E-state index contributed by atoms with van der Waals surface area (Å²) in [6.45, 7) is 2.16. The summed E-state index contributed by atoms with van der Waals surface area (Å²) in [5, 5.41) is 0.904. The fraction of sp³-hybridized carbons (Fsp3) is 0.255. The topological polar surface area (TPSA) is 55.4 Å². The maximum atomic E-state index is 7.14. The van der Waals surface area contributed by atoms with Crippen molar-refractivity contribution in [1.82, 2.24) is 0 Å². The van der Waals surface area contributed by atoms with Crippen molar-refractivity contribution >= 4 is 33.2 Å². The van der Waals surface area contributed by atoms with Crippen molar-refractivity contribution in [3.63, 3.8) is 0 Å². The summed E-state index contributed by atoms with van der Waals surface area (Å²) in [6, 6.07) is 56.4. The Kier molecular flexibility index (Phi) is 14.1. The second-order valence-electron chi connectivity index (χ2n) is 14.7. The molecule has 0 N–H and O–H groups in total. The van der Waals surface area contributed by atoms with E-state index in [-0.39, 0.29) is 16.6 Å². The Balaban J connectivity index is 1.21. The minimum Gasteiger partial charge on any atom is -0.496 e. The van der Waals surface area contributed by atoms with Gasteiger partial charge in [-0.15, -0.1) is 23.1 Å². The average molecular weight is 823 g/mol. The molecule has 0 aliphatic carbocycles. The molecule has 1 saturated heterocycles. The summed E-state index contributed by atoms with van der Waals surface area (Å²) >= 11 is 3.64. The predicted molar refractivity (Wildman–Crippen MR) is 239 cm³/mol. The number of hydrogen-bond donors (Lipinski definition) is 0. The van der Waals surface area contributed by atoms with Crippen molar-refractivity contribution in [3.05, 3.63) is 202 Å². The number of hydrogen-bond acceptors (Lipinski definition) is 8. The number of rotatable bonds is 18. The van der Waals surface area contributed by atoms with Crippen molar-refractivity contribution in [2.75, 3.05) is 20.8 Å². The zero-order valence-electron chi connectivity index (χ0n) is 33.5. The van der Waals surface area contributed by atoms with Gasteiger partial charge in [-0.25, -0.2) is 0 Å². The SMILES string of the molecule is COc1cc(OC)c([C@@H]2S[C@H](COCc3ccccc3)[C@@H](OCc3ccccc3)[C@H](OCc3ccccc3)[C@H]2OCc2ccccc2)cc1Cc1cc2ccccc2s1. The molecule has 0 radical (unpaired) electrons. The van der Waals surface area contributed by atoms with Crippen LogP contribution in [-0.2, 0) is 51.8 Å². The average Bonchev–Trinajstić information content (AvgIpc) is 3.71. The molecule has 0 spiro atoms. The quantitative estimate of drug-likeness (QED) is 0.0854. The van der Waals surface area contributed by atoms with Gasteiger partial charge in [0.1, 0.15) is 29.8 Å². The lowest BCUT2D eigenvalue weighted by molar-refractivity contribution is -0.160. The summed E-state index contributed by atoms with van der Waals surface area (Å²) in [5.74, 6) is 1.52. The Bertz CT molecular complexity index is 2300. The van der Waals surface area contributed by atoms with E-state index in [9.17, 15) is 0 Å². The van der Waals surface area contributed by atoms with E-state index < -0.39 is 12.2 Å². The van der Waals surface area contributed by atoms with Crippen LogP contribution >= 0.6 is 23.1 Å². The Morgan fingerprint density at radius 3 is 1.56 bits per heavy atom. The molecule has 0 bridgehead atoms. The second kappa shape index (κ2) is 20.4. The molecule has 2 heterocycles. The third-order valence-electron chi connectivity index (χ3n) is 10.7. The highest BCUT2D eigenvalue weighted by Crippen LogP contribution is 2.51. The van der Waals surface area contributed by atoms with E-state index in [1.165, 1.54) is 15.0 Å². The minimum atomic E-state index is -0.475. The number of methoxy groups -OCH3 is 2.